The minimum Gasteiger partial charge on any atom is -0.379 e. The number of hydrogen-bond acceptors (Lipinski definition) is 4. The Hall–Kier alpha value is -2.90. The van der Waals surface area contributed by atoms with Crippen LogP contribution in [0.1, 0.15) is 11.1 Å². The first kappa shape index (κ1) is 19.4. The number of hydrogen-bond donors (Lipinski definition) is 1. The fourth-order valence-electron chi connectivity index (χ4n) is 3.70. The van der Waals surface area contributed by atoms with E-state index in [2.05, 4.69) is 22.3 Å². The van der Waals surface area contributed by atoms with Crippen LogP contribution in [0.15, 0.2) is 53.3 Å². The summed E-state index contributed by atoms with van der Waals surface area (Å²) in [5.41, 5.74) is 3.69. The highest BCUT2D eigenvalue weighted by Crippen LogP contribution is 2.12. The molecule has 1 aliphatic rings. The Morgan fingerprint density at radius 2 is 1.66 bits per heavy atom. The zero-order valence-corrected chi connectivity index (χ0v) is 16.6. The first-order chi connectivity index (χ1) is 14.1. The summed E-state index contributed by atoms with van der Waals surface area (Å²) >= 11 is 0. The lowest BCUT2D eigenvalue weighted by Gasteiger charge is -2.26. The molecule has 152 valence electrons. The highest BCUT2D eigenvalue weighted by atomic mass is 16.5. The number of imidazole rings is 1. The second kappa shape index (κ2) is 8.63. The quantitative estimate of drug-likeness (QED) is 0.688. The number of morpholine rings is 1. The van der Waals surface area contributed by atoms with Crippen molar-refractivity contribution in [2.45, 2.75) is 19.6 Å². The van der Waals surface area contributed by atoms with Gasteiger partial charge in [0.1, 0.15) is 6.54 Å². The van der Waals surface area contributed by atoms with E-state index in [1.54, 1.807) is 11.6 Å². The van der Waals surface area contributed by atoms with E-state index in [-0.39, 0.29) is 18.1 Å². The van der Waals surface area contributed by atoms with Crippen LogP contribution in [0.5, 0.6) is 0 Å². The monoisotopic (exact) mass is 394 g/mol. The number of rotatable bonds is 6. The SMILES string of the molecule is Cn1c(=O)n(CC(=O)NCc2ccc(CN3CCOCC3)cc2)c2ccccc21. The third-order valence-electron chi connectivity index (χ3n) is 5.38. The Balaban J connectivity index is 1.34. The molecule has 1 amide bonds. The molecule has 0 spiro atoms. The molecule has 0 bridgehead atoms. The molecular formula is C22H26N4O3. The first-order valence-corrected chi connectivity index (χ1v) is 9.91. The van der Waals surface area contributed by atoms with Gasteiger partial charge in [0.2, 0.25) is 5.91 Å². The normalized spacial score (nSPS) is 14.9. The number of nitrogens with zero attached hydrogens (tertiary/aromatic N) is 3. The number of benzene rings is 2. The van der Waals surface area contributed by atoms with Gasteiger partial charge < -0.3 is 10.1 Å². The maximum Gasteiger partial charge on any atom is 0.329 e. The smallest absolute Gasteiger partial charge is 0.329 e. The van der Waals surface area contributed by atoms with Crippen LogP contribution in [0.25, 0.3) is 11.0 Å². The maximum atomic E-state index is 12.4. The first-order valence-electron chi connectivity index (χ1n) is 9.91. The van der Waals surface area contributed by atoms with Crippen molar-refractivity contribution in [3.05, 3.63) is 70.1 Å². The third kappa shape index (κ3) is 4.41. The third-order valence-corrected chi connectivity index (χ3v) is 5.38. The molecule has 29 heavy (non-hydrogen) atoms. The summed E-state index contributed by atoms with van der Waals surface area (Å²) < 4.78 is 8.46. The summed E-state index contributed by atoms with van der Waals surface area (Å²) in [7, 11) is 1.72. The van der Waals surface area contributed by atoms with Crippen molar-refractivity contribution in [1.29, 1.82) is 0 Å². The Morgan fingerprint density at radius 3 is 2.38 bits per heavy atom. The van der Waals surface area contributed by atoms with Crippen LogP contribution in [0.3, 0.4) is 0 Å². The van der Waals surface area contributed by atoms with Crippen molar-refractivity contribution in [2.24, 2.45) is 7.05 Å². The van der Waals surface area contributed by atoms with E-state index in [1.807, 2.05) is 36.4 Å². The van der Waals surface area contributed by atoms with Gasteiger partial charge in [-0.05, 0) is 23.3 Å². The van der Waals surface area contributed by atoms with E-state index in [0.717, 1.165) is 49.4 Å². The highest BCUT2D eigenvalue weighted by Gasteiger charge is 2.13. The van der Waals surface area contributed by atoms with Crippen molar-refractivity contribution in [1.82, 2.24) is 19.4 Å². The number of aromatic nitrogens is 2. The molecule has 1 aliphatic heterocycles. The van der Waals surface area contributed by atoms with Gasteiger partial charge in [0, 0.05) is 33.2 Å². The van der Waals surface area contributed by atoms with E-state index < -0.39 is 0 Å². The van der Waals surface area contributed by atoms with Gasteiger partial charge in [-0.15, -0.1) is 0 Å². The molecule has 1 fully saturated rings. The second-order valence-electron chi connectivity index (χ2n) is 7.40. The summed E-state index contributed by atoms with van der Waals surface area (Å²) in [6.07, 6.45) is 0. The summed E-state index contributed by atoms with van der Waals surface area (Å²) in [6.45, 7) is 4.88. The number of para-hydroxylation sites is 2. The van der Waals surface area contributed by atoms with E-state index in [9.17, 15) is 9.59 Å². The molecule has 0 unspecified atom stereocenters. The Morgan fingerprint density at radius 1 is 1.00 bits per heavy atom. The van der Waals surface area contributed by atoms with Crippen LogP contribution in [0.4, 0.5) is 0 Å². The topological polar surface area (TPSA) is 68.5 Å². The molecule has 0 atom stereocenters. The Kier molecular flexibility index (Phi) is 5.78. The molecule has 3 aromatic rings. The summed E-state index contributed by atoms with van der Waals surface area (Å²) in [5, 5.41) is 2.91. The van der Waals surface area contributed by atoms with Gasteiger partial charge in [0.15, 0.2) is 0 Å². The second-order valence-corrected chi connectivity index (χ2v) is 7.40. The average molecular weight is 394 g/mol. The standard InChI is InChI=1S/C22H26N4O3/c1-24-19-4-2-3-5-20(19)26(22(24)28)16-21(27)23-14-17-6-8-18(9-7-17)15-25-10-12-29-13-11-25/h2-9H,10-16H2,1H3,(H,23,27). The van der Waals surface area contributed by atoms with E-state index in [0.29, 0.717) is 6.54 Å². The number of carbonyl (C=O) groups excluding carboxylic acids is 1. The Bertz CT molecular complexity index is 1050. The van der Waals surface area contributed by atoms with Crippen LogP contribution >= 0.6 is 0 Å². The van der Waals surface area contributed by atoms with Gasteiger partial charge in [-0.25, -0.2) is 4.79 Å². The molecule has 4 rings (SSSR count). The minimum atomic E-state index is -0.186. The molecule has 2 heterocycles. The van der Waals surface area contributed by atoms with Crippen LogP contribution in [0, 0.1) is 0 Å². The maximum absolute atomic E-state index is 12.4. The van der Waals surface area contributed by atoms with Gasteiger partial charge in [-0.3, -0.25) is 18.8 Å². The molecule has 0 aliphatic carbocycles. The molecule has 1 N–H and O–H groups in total. The average Bonchev–Trinajstić information content (AvgIpc) is 2.99. The van der Waals surface area contributed by atoms with Crippen LogP contribution in [-0.2, 0) is 36.2 Å². The molecule has 1 aromatic heterocycles. The summed E-state index contributed by atoms with van der Waals surface area (Å²) in [4.78, 5) is 27.2. The van der Waals surface area contributed by atoms with Gasteiger partial charge in [0.25, 0.3) is 0 Å². The van der Waals surface area contributed by atoms with Gasteiger partial charge in [-0.1, -0.05) is 36.4 Å². The predicted molar refractivity (Wildman–Crippen MR) is 112 cm³/mol. The lowest BCUT2D eigenvalue weighted by molar-refractivity contribution is -0.121. The van der Waals surface area contributed by atoms with E-state index >= 15 is 0 Å². The summed E-state index contributed by atoms with van der Waals surface area (Å²) in [6, 6.07) is 15.8. The van der Waals surface area contributed by atoms with E-state index in [4.69, 9.17) is 4.74 Å². The number of carbonyl (C=O) groups is 1. The zero-order chi connectivity index (χ0) is 20.2. The highest BCUT2D eigenvalue weighted by molar-refractivity contribution is 5.80. The van der Waals surface area contributed by atoms with Crippen molar-refractivity contribution in [3.63, 3.8) is 0 Å². The molecule has 7 nitrogen and oxygen atoms in total. The van der Waals surface area contributed by atoms with Crippen LogP contribution in [0.2, 0.25) is 0 Å². The molecule has 1 saturated heterocycles. The number of ether oxygens (including phenoxy) is 1. The van der Waals surface area contributed by atoms with Crippen molar-refractivity contribution >= 4 is 16.9 Å². The lowest BCUT2D eigenvalue weighted by atomic mass is 10.1. The molecule has 7 heteroatoms. The molecule has 0 saturated carbocycles. The van der Waals surface area contributed by atoms with Crippen molar-refractivity contribution in [3.8, 4) is 0 Å². The fourth-order valence-corrected chi connectivity index (χ4v) is 3.70. The summed E-state index contributed by atoms with van der Waals surface area (Å²) in [5.74, 6) is -0.180. The molecular weight excluding hydrogens is 368 g/mol. The van der Waals surface area contributed by atoms with Crippen molar-refractivity contribution in [2.75, 3.05) is 26.3 Å². The predicted octanol–water partition coefficient (Wildman–Crippen LogP) is 1.49. The van der Waals surface area contributed by atoms with E-state index in [1.165, 1.54) is 10.1 Å². The molecule has 0 radical (unpaired) electrons. The number of nitrogens with one attached hydrogen (secondary N) is 1. The van der Waals surface area contributed by atoms with Crippen molar-refractivity contribution < 1.29 is 9.53 Å². The minimum absolute atomic E-state index is 0.00923. The largest absolute Gasteiger partial charge is 0.379 e. The van der Waals surface area contributed by atoms with Gasteiger partial charge in [0.05, 0.1) is 24.2 Å². The number of amides is 1. The van der Waals surface area contributed by atoms with Crippen LogP contribution < -0.4 is 11.0 Å². The van der Waals surface area contributed by atoms with Gasteiger partial charge in [-0.2, -0.15) is 0 Å². The Labute approximate surface area is 169 Å². The fraction of sp³-hybridized carbons (Fsp3) is 0.364. The zero-order valence-electron chi connectivity index (χ0n) is 16.6. The van der Waals surface area contributed by atoms with Gasteiger partial charge >= 0.3 is 5.69 Å². The molecule has 2 aromatic carbocycles. The van der Waals surface area contributed by atoms with Crippen LogP contribution in [-0.4, -0.2) is 46.2 Å². The number of fused-ring (bicyclic) bond motifs is 1. The number of aryl methyl sites for hydroxylation is 1. The lowest BCUT2D eigenvalue weighted by Crippen LogP contribution is -2.35.